The van der Waals surface area contributed by atoms with Crippen molar-refractivity contribution in [2.45, 2.75) is 33.2 Å². The Morgan fingerprint density at radius 1 is 1.16 bits per heavy atom. The Labute approximate surface area is 110 Å². The van der Waals surface area contributed by atoms with Crippen LogP contribution in [0.5, 0.6) is 0 Å². The second-order valence-electron chi connectivity index (χ2n) is 3.87. The zero-order valence-electron chi connectivity index (χ0n) is 10.9. The summed E-state index contributed by atoms with van der Waals surface area (Å²) in [4.78, 5) is 19.9. The molecule has 0 radical (unpaired) electrons. The van der Waals surface area contributed by atoms with E-state index in [9.17, 15) is 4.79 Å². The van der Waals surface area contributed by atoms with E-state index in [1.165, 1.54) is 12.4 Å². The topological polar surface area (TPSA) is 93.8 Å². The molecular weight excluding hydrogens is 246 g/mol. The molecule has 19 heavy (non-hydrogen) atoms. The van der Waals surface area contributed by atoms with E-state index in [1.807, 2.05) is 13.8 Å². The Morgan fingerprint density at radius 2 is 1.84 bits per heavy atom. The molecule has 0 unspecified atom stereocenters. The van der Waals surface area contributed by atoms with Gasteiger partial charge in [-0.2, -0.15) is 0 Å². The van der Waals surface area contributed by atoms with Crippen molar-refractivity contribution >= 4 is 5.91 Å². The first-order chi connectivity index (χ1) is 9.22. The van der Waals surface area contributed by atoms with Crippen molar-refractivity contribution in [2.24, 2.45) is 0 Å². The third-order valence-electron chi connectivity index (χ3n) is 2.50. The number of nitrogens with one attached hydrogen (secondary N) is 1. The molecular formula is C12H15N5O2. The summed E-state index contributed by atoms with van der Waals surface area (Å²) in [5, 5.41) is 10.3. The quantitative estimate of drug-likeness (QED) is 0.859. The van der Waals surface area contributed by atoms with E-state index in [2.05, 4.69) is 25.5 Å². The number of carbonyl (C=O) groups is 1. The molecule has 0 spiro atoms. The van der Waals surface area contributed by atoms with Crippen LogP contribution in [0, 0.1) is 0 Å². The van der Waals surface area contributed by atoms with Crippen LogP contribution in [-0.4, -0.2) is 26.1 Å². The number of carbonyl (C=O) groups excluding carboxylic acids is 1. The first kappa shape index (κ1) is 13.1. The lowest BCUT2D eigenvalue weighted by Gasteiger charge is -2.02. The molecule has 0 aliphatic heterocycles. The van der Waals surface area contributed by atoms with Gasteiger partial charge in [-0.25, -0.2) is 9.97 Å². The van der Waals surface area contributed by atoms with Crippen LogP contribution >= 0.6 is 0 Å². The molecule has 0 saturated carbocycles. The van der Waals surface area contributed by atoms with E-state index in [4.69, 9.17) is 4.42 Å². The monoisotopic (exact) mass is 261 g/mol. The zero-order chi connectivity index (χ0) is 13.7. The fourth-order valence-electron chi connectivity index (χ4n) is 1.42. The van der Waals surface area contributed by atoms with Crippen molar-refractivity contribution in [3.05, 3.63) is 35.6 Å². The normalized spacial score (nSPS) is 10.4. The summed E-state index contributed by atoms with van der Waals surface area (Å²) >= 11 is 0. The molecule has 0 aliphatic carbocycles. The van der Waals surface area contributed by atoms with Gasteiger partial charge in [0.2, 0.25) is 11.8 Å². The van der Waals surface area contributed by atoms with Crippen molar-refractivity contribution in [3.8, 4) is 0 Å². The van der Waals surface area contributed by atoms with Crippen LogP contribution in [0.2, 0.25) is 0 Å². The van der Waals surface area contributed by atoms with Gasteiger partial charge in [0.25, 0.3) is 5.91 Å². The maximum atomic E-state index is 11.8. The van der Waals surface area contributed by atoms with Crippen LogP contribution in [0.1, 0.15) is 41.8 Å². The maximum absolute atomic E-state index is 11.8. The van der Waals surface area contributed by atoms with E-state index in [1.54, 1.807) is 0 Å². The number of rotatable bonds is 5. The summed E-state index contributed by atoms with van der Waals surface area (Å²) in [6, 6.07) is 0. The van der Waals surface area contributed by atoms with Gasteiger partial charge in [0.05, 0.1) is 12.1 Å². The van der Waals surface area contributed by atoms with Gasteiger partial charge >= 0.3 is 0 Å². The van der Waals surface area contributed by atoms with Crippen molar-refractivity contribution in [2.75, 3.05) is 0 Å². The zero-order valence-corrected chi connectivity index (χ0v) is 10.9. The highest BCUT2D eigenvalue weighted by molar-refractivity contribution is 5.93. The predicted molar refractivity (Wildman–Crippen MR) is 66.3 cm³/mol. The van der Waals surface area contributed by atoms with Crippen molar-refractivity contribution < 1.29 is 9.21 Å². The Balaban J connectivity index is 1.93. The number of amides is 1. The summed E-state index contributed by atoms with van der Waals surface area (Å²) in [5.74, 6) is 1.39. The van der Waals surface area contributed by atoms with Gasteiger partial charge in [0.1, 0.15) is 5.82 Å². The standard InChI is InChI=1S/C12H15N5O2/c1-3-9-13-5-8(6-14-9)12(18)15-7-11-17-16-10(4-2)19-11/h5-6H,3-4,7H2,1-2H3,(H,15,18). The third kappa shape index (κ3) is 3.34. The van der Waals surface area contributed by atoms with Crippen LogP contribution in [0.25, 0.3) is 0 Å². The highest BCUT2D eigenvalue weighted by Crippen LogP contribution is 2.01. The predicted octanol–water partition coefficient (Wildman–Crippen LogP) is 0.914. The first-order valence-electron chi connectivity index (χ1n) is 6.13. The molecule has 0 aromatic carbocycles. The van der Waals surface area contributed by atoms with E-state index < -0.39 is 0 Å². The molecule has 7 nitrogen and oxygen atoms in total. The second-order valence-corrected chi connectivity index (χ2v) is 3.87. The molecule has 0 atom stereocenters. The first-order valence-corrected chi connectivity index (χ1v) is 6.13. The fourth-order valence-corrected chi connectivity index (χ4v) is 1.42. The van der Waals surface area contributed by atoms with E-state index in [-0.39, 0.29) is 12.5 Å². The van der Waals surface area contributed by atoms with Gasteiger partial charge in [-0.1, -0.05) is 13.8 Å². The van der Waals surface area contributed by atoms with Crippen molar-refractivity contribution in [1.82, 2.24) is 25.5 Å². The summed E-state index contributed by atoms with van der Waals surface area (Å²) in [5.41, 5.74) is 0.410. The van der Waals surface area contributed by atoms with Crippen LogP contribution in [0.3, 0.4) is 0 Å². The molecule has 100 valence electrons. The lowest BCUT2D eigenvalue weighted by molar-refractivity contribution is 0.0946. The van der Waals surface area contributed by atoms with Gasteiger partial charge in [-0.15, -0.1) is 10.2 Å². The Kier molecular flexibility index (Phi) is 4.17. The lowest BCUT2D eigenvalue weighted by atomic mass is 10.3. The average Bonchev–Trinajstić information content (AvgIpc) is 2.93. The number of aryl methyl sites for hydroxylation is 2. The smallest absolute Gasteiger partial charge is 0.254 e. The summed E-state index contributed by atoms with van der Waals surface area (Å²) < 4.78 is 5.29. The number of aromatic nitrogens is 4. The molecule has 0 aliphatic rings. The van der Waals surface area contributed by atoms with Gasteiger partial charge in [-0.3, -0.25) is 4.79 Å². The molecule has 2 rings (SSSR count). The Hall–Kier alpha value is -2.31. The third-order valence-corrected chi connectivity index (χ3v) is 2.50. The SMILES string of the molecule is CCc1ncc(C(=O)NCc2nnc(CC)o2)cn1. The average molecular weight is 261 g/mol. The molecule has 0 saturated heterocycles. The molecule has 2 aromatic heterocycles. The number of hydrogen-bond donors (Lipinski definition) is 1. The van der Waals surface area contributed by atoms with Gasteiger partial charge in [0, 0.05) is 25.2 Å². The van der Waals surface area contributed by atoms with Gasteiger partial charge in [0.15, 0.2) is 0 Å². The highest BCUT2D eigenvalue weighted by Gasteiger charge is 2.09. The van der Waals surface area contributed by atoms with E-state index >= 15 is 0 Å². The molecule has 0 bridgehead atoms. The number of hydrogen-bond acceptors (Lipinski definition) is 6. The molecule has 1 N–H and O–H groups in total. The Bertz CT molecular complexity index is 550. The van der Waals surface area contributed by atoms with Crippen LogP contribution < -0.4 is 5.32 Å². The fraction of sp³-hybridized carbons (Fsp3) is 0.417. The van der Waals surface area contributed by atoms with Crippen LogP contribution in [-0.2, 0) is 19.4 Å². The van der Waals surface area contributed by atoms with E-state index in [0.29, 0.717) is 29.6 Å². The van der Waals surface area contributed by atoms with Gasteiger partial charge in [-0.05, 0) is 0 Å². The van der Waals surface area contributed by atoms with Crippen LogP contribution in [0.15, 0.2) is 16.8 Å². The summed E-state index contributed by atoms with van der Waals surface area (Å²) in [6.07, 6.45) is 4.43. The van der Waals surface area contributed by atoms with E-state index in [0.717, 1.165) is 6.42 Å². The highest BCUT2D eigenvalue weighted by atomic mass is 16.4. The Morgan fingerprint density at radius 3 is 2.42 bits per heavy atom. The maximum Gasteiger partial charge on any atom is 0.254 e. The summed E-state index contributed by atoms with van der Waals surface area (Å²) in [7, 11) is 0. The number of nitrogens with zero attached hydrogens (tertiary/aromatic N) is 4. The van der Waals surface area contributed by atoms with Crippen LogP contribution in [0.4, 0.5) is 0 Å². The summed E-state index contributed by atoms with van der Waals surface area (Å²) in [6.45, 7) is 4.07. The van der Waals surface area contributed by atoms with Crippen molar-refractivity contribution in [3.63, 3.8) is 0 Å². The molecule has 1 amide bonds. The minimum absolute atomic E-state index is 0.196. The largest absolute Gasteiger partial charge is 0.423 e. The molecule has 7 heteroatoms. The minimum Gasteiger partial charge on any atom is -0.423 e. The lowest BCUT2D eigenvalue weighted by Crippen LogP contribution is -2.23. The molecule has 2 heterocycles. The molecule has 0 fully saturated rings. The second kappa shape index (κ2) is 6.03. The minimum atomic E-state index is -0.265. The van der Waals surface area contributed by atoms with Gasteiger partial charge < -0.3 is 9.73 Å². The van der Waals surface area contributed by atoms with Crippen molar-refractivity contribution in [1.29, 1.82) is 0 Å². The molecule has 2 aromatic rings.